The molecule has 0 aliphatic carbocycles. The summed E-state index contributed by atoms with van der Waals surface area (Å²) < 4.78 is 5.57. The summed E-state index contributed by atoms with van der Waals surface area (Å²) in [6.07, 6.45) is 0.971. The molecule has 0 unspecified atom stereocenters. The maximum atomic E-state index is 5.57. The predicted octanol–water partition coefficient (Wildman–Crippen LogP) is 3.37. The second-order valence-corrected chi connectivity index (χ2v) is 3.93. The monoisotopic (exact) mass is 204 g/mol. The fraction of sp³-hybridized carbons (Fsp3) is 0.167. The molecule has 0 radical (unpaired) electrons. The smallest absolute Gasteiger partial charge is 0.173 e. The van der Waals surface area contributed by atoms with Gasteiger partial charge in [0.1, 0.15) is 0 Å². The van der Waals surface area contributed by atoms with Gasteiger partial charge >= 0.3 is 0 Å². The van der Waals surface area contributed by atoms with Crippen LogP contribution in [0.2, 0.25) is 0 Å². The van der Waals surface area contributed by atoms with E-state index in [0.717, 1.165) is 18.1 Å². The van der Waals surface area contributed by atoms with Gasteiger partial charge in [0.2, 0.25) is 0 Å². The molecule has 0 spiro atoms. The first-order valence-electron chi connectivity index (χ1n) is 4.65. The molecule has 0 aliphatic heterocycles. The van der Waals surface area contributed by atoms with E-state index in [1.165, 1.54) is 5.56 Å². The molecule has 0 N–H and O–H groups in total. The van der Waals surface area contributed by atoms with Gasteiger partial charge in [0.15, 0.2) is 5.06 Å². The Hall–Kier alpha value is -1.28. The van der Waals surface area contributed by atoms with E-state index in [2.05, 4.69) is 24.3 Å². The van der Waals surface area contributed by atoms with E-state index in [4.69, 9.17) is 4.74 Å². The van der Waals surface area contributed by atoms with Crippen molar-refractivity contribution in [2.24, 2.45) is 0 Å². The van der Waals surface area contributed by atoms with Gasteiger partial charge in [-0.3, -0.25) is 0 Å². The Labute approximate surface area is 88.0 Å². The highest BCUT2D eigenvalue weighted by molar-refractivity contribution is 7.11. The minimum Gasteiger partial charge on any atom is -0.484 e. The van der Waals surface area contributed by atoms with Crippen LogP contribution < -0.4 is 4.74 Å². The summed E-state index contributed by atoms with van der Waals surface area (Å²) in [7, 11) is 0. The largest absolute Gasteiger partial charge is 0.484 e. The Bertz CT molecular complexity index is 353. The summed E-state index contributed by atoms with van der Waals surface area (Å²) in [4.78, 5) is 0. The van der Waals surface area contributed by atoms with Crippen molar-refractivity contribution in [1.29, 1.82) is 0 Å². The van der Waals surface area contributed by atoms with Crippen molar-refractivity contribution < 1.29 is 4.74 Å². The zero-order chi connectivity index (χ0) is 9.64. The Morgan fingerprint density at radius 2 is 1.86 bits per heavy atom. The number of hydrogen-bond donors (Lipinski definition) is 0. The SMILES string of the molecule is c1ccc(CCOc2cccs2)cc1. The molecule has 1 heterocycles. The van der Waals surface area contributed by atoms with Crippen molar-refractivity contribution in [3.63, 3.8) is 0 Å². The lowest BCUT2D eigenvalue weighted by Crippen LogP contribution is -1.99. The van der Waals surface area contributed by atoms with Gasteiger partial charge < -0.3 is 4.74 Å². The molecular weight excluding hydrogens is 192 g/mol. The molecule has 0 aliphatic rings. The number of thiophene rings is 1. The molecule has 1 nitrogen and oxygen atoms in total. The molecule has 2 rings (SSSR count). The molecule has 0 bridgehead atoms. The van der Waals surface area contributed by atoms with Gasteiger partial charge in [-0.1, -0.05) is 30.3 Å². The molecule has 1 aromatic heterocycles. The van der Waals surface area contributed by atoms with E-state index in [1.807, 2.05) is 23.6 Å². The molecule has 0 fully saturated rings. The molecule has 1 aromatic carbocycles. The van der Waals surface area contributed by atoms with Gasteiger partial charge in [0.25, 0.3) is 0 Å². The molecule has 0 amide bonds. The third-order valence-corrected chi connectivity index (χ3v) is 2.75. The Balaban J connectivity index is 1.79. The maximum absolute atomic E-state index is 5.57. The minimum absolute atomic E-state index is 0.754. The van der Waals surface area contributed by atoms with E-state index in [9.17, 15) is 0 Å². The second-order valence-electron chi connectivity index (χ2n) is 3.02. The average Bonchev–Trinajstić information content (AvgIpc) is 2.72. The van der Waals surface area contributed by atoms with E-state index in [-0.39, 0.29) is 0 Å². The van der Waals surface area contributed by atoms with Crippen LogP contribution >= 0.6 is 11.3 Å². The molecule has 72 valence electrons. The van der Waals surface area contributed by atoms with Crippen LogP contribution in [-0.2, 0) is 6.42 Å². The van der Waals surface area contributed by atoms with Crippen molar-refractivity contribution in [1.82, 2.24) is 0 Å². The van der Waals surface area contributed by atoms with Crippen LogP contribution in [0.4, 0.5) is 0 Å². The van der Waals surface area contributed by atoms with E-state index < -0.39 is 0 Å². The Morgan fingerprint density at radius 3 is 2.57 bits per heavy atom. The minimum atomic E-state index is 0.754. The first kappa shape index (κ1) is 9.28. The molecule has 0 saturated heterocycles. The highest BCUT2D eigenvalue weighted by atomic mass is 32.1. The quantitative estimate of drug-likeness (QED) is 0.742. The number of ether oxygens (including phenoxy) is 1. The molecule has 2 heteroatoms. The molecule has 0 saturated carbocycles. The van der Waals surface area contributed by atoms with Crippen LogP contribution in [-0.4, -0.2) is 6.61 Å². The average molecular weight is 204 g/mol. The lowest BCUT2D eigenvalue weighted by molar-refractivity contribution is 0.331. The van der Waals surface area contributed by atoms with Gasteiger partial charge in [-0.25, -0.2) is 0 Å². The second kappa shape index (κ2) is 4.82. The van der Waals surface area contributed by atoms with Crippen molar-refractivity contribution >= 4 is 11.3 Å². The van der Waals surface area contributed by atoms with Gasteiger partial charge in [0.05, 0.1) is 6.61 Å². The fourth-order valence-electron chi connectivity index (χ4n) is 1.26. The van der Waals surface area contributed by atoms with Crippen LogP contribution in [0.1, 0.15) is 5.56 Å². The zero-order valence-corrected chi connectivity index (χ0v) is 8.67. The van der Waals surface area contributed by atoms with Crippen molar-refractivity contribution in [3.8, 4) is 5.06 Å². The van der Waals surface area contributed by atoms with Crippen molar-refractivity contribution in [2.75, 3.05) is 6.61 Å². The fourth-order valence-corrected chi connectivity index (χ4v) is 1.86. The van der Waals surface area contributed by atoms with E-state index >= 15 is 0 Å². The van der Waals surface area contributed by atoms with Crippen molar-refractivity contribution in [2.45, 2.75) is 6.42 Å². The number of rotatable bonds is 4. The summed E-state index contributed by atoms with van der Waals surface area (Å²) >= 11 is 1.64. The van der Waals surface area contributed by atoms with Crippen molar-refractivity contribution in [3.05, 3.63) is 53.4 Å². The zero-order valence-electron chi connectivity index (χ0n) is 7.85. The third kappa shape index (κ3) is 2.60. The maximum Gasteiger partial charge on any atom is 0.173 e. The lowest BCUT2D eigenvalue weighted by Gasteiger charge is -2.02. The predicted molar refractivity (Wildman–Crippen MR) is 60.0 cm³/mol. The van der Waals surface area contributed by atoms with Gasteiger partial charge in [-0.2, -0.15) is 0 Å². The topological polar surface area (TPSA) is 9.23 Å². The molecule has 14 heavy (non-hydrogen) atoms. The van der Waals surface area contributed by atoms with Gasteiger partial charge in [0, 0.05) is 6.42 Å². The van der Waals surface area contributed by atoms with Crippen LogP contribution in [0.3, 0.4) is 0 Å². The first-order chi connectivity index (χ1) is 6.95. The highest BCUT2D eigenvalue weighted by Crippen LogP contribution is 2.18. The molecule has 2 aromatic rings. The van der Waals surface area contributed by atoms with Crippen LogP contribution in [0.5, 0.6) is 5.06 Å². The van der Waals surface area contributed by atoms with Crippen LogP contribution in [0, 0.1) is 0 Å². The summed E-state index contributed by atoms with van der Waals surface area (Å²) in [5.41, 5.74) is 1.32. The summed E-state index contributed by atoms with van der Waals surface area (Å²) in [6.45, 7) is 0.754. The Kier molecular flexibility index (Phi) is 3.19. The number of benzene rings is 1. The number of hydrogen-bond acceptors (Lipinski definition) is 2. The van der Waals surface area contributed by atoms with E-state index in [0.29, 0.717) is 0 Å². The molecule has 0 atom stereocenters. The summed E-state index contributed by atoms with van der Waals surface area (Å²) in [6, 6.07) is 14.4. The third-order valence-electron chi connectivity index (χ3n) is 1.97. The Morgan fingerprint density at radius 1 is 1.00 bits per heavy atom. The van der Waals surface area contributed by atoms with Crippen LogP contribution in [0.25, 0.3) is 0 Å². The van der Waals surface area contributed by atoms with E-state index in [1.54, 1.807) is 11.3 Å². The highest BCUT2D eigenvalue weighted by Gasteiger charge is 1.94. The molecular formula is C12H12OS. The first-order valence-corrected chi connectivity index (χ1v) is 5.53. The van der Waals surface area contributed by atoms with Crippen LogP contribution in [0.15, 0.2) is 47.8 Å². The standard InChI is InChI=1S/C12H12OS/c1-2-5-11(6-3-1)8-9-13-12-7-4-10-14-12/h1-7,10H,8-9H2. The summed E-state index contributed by atoms with van der Waals surface area (Å²) in [5, 5.41) is 3.03. The van der Waals surface area contributed by atoms with Gasteiger partial charge in [-0.05, 0) is 23.1 Å². The van der Waals surface area contributed by atoms with Gasteiger partial charge in [-0.15, -0.1) is 11.3 Å². The lowest BCUT2D eigenvalue weighted by atomic mass is 10.2. The normalized spacial score (nSPS) is 10.0. The summed E-state index contributed by atoms with van der Waals surface area (Å²) in [5.74, 6) is 0.